The Balaban J connectivity index is 0.00000242. The highest BCUT2D eigenvalue weighted by atomic mass is 127. The first-order valence-corrected chi connectivity index (χ1v) is 7.44. The maximum atomic E-state index is 4.22. The van der Waals surface area contributed by atoms with Gasteiger partial charge in [0.05, 0.1) is 6.54 Å². The normalized spacial score (nSPS) is 11.5. The molecule has 0 amide bonds. The van der Waals surface area contributed by atoms with Gasteiger partial charge in [-0.05, 0) is 30.9 Å². The van der Waals surface area contributed by atoms with Crippen LogP contribution in [0.3, 0.4) is 0 Å². The first kappa shape index (κ1) is 18.7. The Morgan fingerprint density at radius 3 is 2.82 bits per heavy atom. The summed E-state index contributed by atoms with van der Waals surface area (Å²) in [7, 11) is 1.78. The van der Waals surface area contributed by atoms with E-state index >= 15 is 0 Å². The maximum Gasteiger partial charge on any atom is 0.191 e. The van der Waals surface area contributed by atoms with Gasteiger partial charge >= 0.3 is 0 Å². The Morgan fingerprint density at radius 2 is 2.09 bits per heavy atom. The third-order valence-electron chi connectivity index (χ3n) is 3.27. The van der Waals surface area contributed by atoms with Gasteiger partial charge in [0.25, 0.3) is 0 Å². The zero-order chi connectivity index (χ0) is 15.1. The number of fused-ring (bicyclic) bond motifs is 1. The van der Waals surface area contributed by atoms with Crippen LogP contribution in [0.2, 0.25) is 0 Å². The van der Waals surface area contributed by atoms with Crippen molar-refractivity contribution < 1.29 is 0 Å². The molecule has 0 atom stereocenters. The van der Waals surface area contributed by atoms with Crippen LogP contribution in [0, 0.1) is 5.92 Å². The molecular weight excluding hydrogens is 391 g/mol. The fourth-order valence-corrected chi connectivity index (χ4v) is 2.11. The molecule has 2 aromatic rings. The molecule has 0 aliphatic heterocycles. The van der Waals surface area contributed by atoms with Crippen molar-refractivity contribution in [1.82, 2.24) is 25.2 Å². The lowest BCUT2D eigenvalue weighted by molar-refractivity contribution is 0.549. The van der Waals surface area contributed by atoms with Gasteiger partial charge in [-0.2, -0.15) is 0 Å². The maximum absolute atomic E-state index is 4.22. The molecule has 0 aliphatic carbocycles. The van der Waals surface area contributed by atoms with Crippen molar-refractivity contribution in [3.05, 3.63) is 30.2 Å². The molecule has 7 heteroatoms. The number of nitrogens with zero attached hydrogens (tertiary/aromatic N) is 4. The molecular formula is C15H25IN6. The minimum atomic E-state index is 0. The van der Waals surface area contributed by atoms with E-state index in [1.165, 1.54) is 6.42 Å². The number of aromatic nitrogens is 3. The summed E-state index contributed by atoms with van der Waals surface area (Å²) < 4.78 is 1.97. The first-order valence-electron chi connectivity index (χ1n) is 7.44. The minimum Gasteiger partial charge on any atom is -0.356 e. The van der Waals surface area contributed by atoms with Crippen LogP contribution in [-0.4, -0.2) is 34.2 Å². The van der Waals surface area contributed by atoms with Gasteiger partial charge in [-0.25, -0.2) is 0 Å². The molecule has 0 saturated heterocycles. The number of aliphatic imine (C=N–C) groups is 1. The molecule has 0 aliphatic rings. The van der Waals surface area contributed by atoms with Crippen molar-refractivity contribution in [2.75, 3.05) is 13.6 Å². The van der Waals surface area contributed by atoms with Crippen LogP contribution in [0.1, 0.15) is 32.5 Å². The van der Waals surface area contributed by atoms with Crippen molar-refractivity contribution in [1.29, 1.82) is 0 Å². The van der Waals surface area contributed by atoms with E-state index in [0.29, 0.717) is 6.54 Å². The van der Waals surface area contributed by atoms with Gasteiger partial charge in [0.15, 0.2) is 17.4 Å². The van der Waals surface area contributed by atoms with Crippen LogP contribution < -0.4 is 10.6 Å². The summed E-state index contributed by atoms with van der Waals surface area (Å²) in [5.41, 5.74) is 0.856. The van der Waals surface area contributed by atoms with Gasteiger partial charge in [-0.15, -0.1) is 34.2 Å². The zero-order valence-corrected chi connectivity index (χ0v) is 15.7. The number of guanidine groups is 1. The van der Waals surface area contributed by atoms with Gasteiger partial charge in [-0.1, -0.05) is 19.9 Å². The molecule has 0 bridgehead atoms. The van der Waals surface area contributed by atoms with Gasteiger partial charge in [0.1, 0.15) is 0 Å². The summed E-state index contributed by atoms with van der Waals surface area (Å²) in [4.78, 5) is 4.22. The average Bonchev–Trinajstić information content (AvgIpc) is 2.89. The number of nitrogens with one attached hydrogen (secondary N) is 2. The summed E-state index contributed by atoms with van der Waals surface area (Å²) in [6, 6.07) is 5.87. The van der Waals surface area contributed by atoms with Crippen LogP contribution in [0.5, 0.6) is 0 Å². The van der Waals surface area contributed by atoms with Crippen molar-refractivity contribution in [3.63, 3.8) is 0 Å². The fourth-order valence-electron chi connectivity index (χ4n) is 2.11. The molecule has 2 N–H and O–H groups in total. The highest BCUT2D eigenvalue weighted by Gasteiger charge is 2.05. The molecule has 0 radical (unpaired) electrons. The predicted molar refractivity (Wildman–Crippen MR) is 101 cm³/mol. The van der Waals surface area contributed by atoms with Gasteiger partial charge in [-0.3, -0.25) is 9.39 Å². The van der Waals surface area contributed by atoms with Crippen molar-refractivity contribution in [2.24, 2.45) is 10.9 Å². The number of hydrogen-bond acceptors (Lipinski definition) is 3. The Hall–Kier alpha value is -1.38. The molecule has 122 valence electrons. The molecule has 0 aromatic carbocycles. The number of rotatable bonds is 6. The van der Waals surface area contributed by atoms with E-state index in [0.717, 1.165) is 36.3 Å². The first-order chi connectivity index (χ1) is 10.2. The lowest BCUT2D eigenvalue weighted by Gasteiger charge is -2.11. The second kappa shape index (κ2) is 9.60. The van der Waals surface area contributed by atoms with Gasteiger partial charge < -0.3 is 10.6 Å². The standard InChI is InChI=1S/C15H24N6.HI/c1-12(2)7-6-9-17-15(16-3)18-11-14-20-19-13-8-4-5-10-21(13)14;/h4-5,8,10,12H,6-7,9,11H2,1-3H3,(H2,16,17,18);1H. The topological polar surface area (TPSA) is 66.6 Å². The molecule has 0 unspecified atom stereocenters. The summed E-state index contributed by atoms with van der Waals surface area (Å²) in [6.45, 7) is 6.00. The average molecular weight is 416 g/mol. The van der Waals surface area contributed by atoms with Crippen LogP contribution in [0.25, 0.3) is 5.65 Å². The Bertz CT molecular complexity index is 592. The van der Waals surface area contributed by atoms with E-state index in [-0.39, 0.29) is 24.0 Å². The van der Waals surface area contributed by atoms with E-state index in [1.54, 1.807) is 7.05 Å². The smallest absolute Gasteiger partial charge is 0.191 e. The van der Waals surface area contributed by atoms with Crippen molar-refractivity contribution >= 4 is 35.6 Å². The lowest BCUT2D eigenvalue weighted by Crippen LogP contribution is -2.37. The van der Waals surface area contributed by atoms with Gasteiger partial charge in [0, 0.05) is 19.8 Å². The molecule has 6 nitrogen and oxygen atoms in total. The van der Waals surface area contributed by atoms with Crippen molar-refractivity contribution in [2.45, 2.75) is 33.2 Å². The van der Waals surface area contributed by atoms with E-state index < -0.39 is 0 Å². The lowest BCUT2D eigenvalue weighted by atomic mass is 10.1. The summed E-state index contributed by atoms with van der Waals surface area (Å²) >= 11 is 0. The third kappa shape index (κ3) is 5.43. The van der Waals surface area contributed by atoms with Crippen molar-refractivity contribution in [3.8, 4) is 0 Å². The number of hydrogen-bond donors (Lipinski definition) is 2. The molecule has 2 aromatic heterocycles. The highest BCUT2D eigenvalue weighted by Crippen LogP contribution is 2.03. The quantitative estimate of drug-likeness (QED) is 0.329. The second-order valence-corrected chi connectivity index (χ2v) is 5.43. The Labute approximate surface area is 148 Å². The van der Waals surface area contributed by atoms with Crippen LogP contribution in [-0.2, 0) is 6.54 Å². The third-order valence-corrected chi connectivity index (χ3v) is 3.27. The van der Waals surface area contributed by atoms with Crippen LogP contribution >= 0.6 is 24.0 Å². The highest BCUT2D eigenvalue weighted by molar-refractivity contribution is 14.0. The molecule has 0 saturated carbocycles. The number of pyridine rings is 1. The molecule has 2 heterocycles. The molecule has 0 spiro atoms. The largest absolute Gasteiger partial charge is 0.356 e. The SMILES string of the molecule is CN=C(NCCCC(C)C)NCc1nnc2ccccn12.I. The van der Waals surface area contributed by atoms with E-state index in [4.69, 9.17) is 0 Å². The summed E-state index contributed by atoms with van der Waals surface area (Å²) in [5, 5.41) is 14.9. The van der Waals surface area contributed by atoms with Crippen LogP contribution in [0.15, 0.2) is 29.4 Å². The predicted octanol–water partition coefficient (Wildman–Crippen LogP) is 2.45. The van der Waals surface area contributed by atoms with Crippen LogP contribution in [0.4, 0.5) is 0 Å². The minimum absolute atomic E-state index is 0. The van der Waals surface area contributed by atoms with E-state index in [2.05, 4.69) is 39.7 Å². The Kier molecular flexibility index (Phi) is 8.15. The van der Waals surface area contributed by atoms with E-state index in [1.807, 2.05) is 28.8 Å². The fraction of sp³-hybridized carbons (Fsp3) is 0.533. The summed E-state index contributed by atoms with van der Waals surface area (Å²) in [5.74, 6) is 2.41. The zero-order valence-electron chi connectivity index (χ0n) is 13.4. The van der Waals surface area contributed by atoms with Gasteiger partial charge in [0.2, 0.25) is 0 Å². The monoisotopic (exact) mass is 416 g/mol. The van der Waals surface area contributed by atoms with E-state index in [9.17, 15) is 0 Å². The molecule has 0 fully saturated rings. The second-order valence-electron chi connectivity index (χ2n) is 5.43. The molecule has 22 heavy (non-hydrogen) atoms. The summed E-state index contributed by atoms with van der Waals surface area (Å²) in [6.07, 6.45) is 4.33. The molecule has 2 rings (SSSR count). The Morgan fingerprint density at radius 1 is 1.27 bits per heavy atom. The number of halogens is 1.